The fourth-order valence-electron chi connectivity index (χ4n) is 3.17. The van der Waals surface area contributed by atoms with Crippen LogP contribution in [0.4, 0.5) is 0 Å². The average molecular weight is 352 g/mol. The summed E-state index contributed by atoms with van der Waals surface area (Å²) in [6, 6.07) is 27.8. The lowest BCUT2D eigenvalue weighted by Crippen LogP contribution is -2.03. The molecule has 0 saturated heterocycles. The van der Waals surface area contributed by atoms with Crippen LogP contribution < -0.4 is 0 Å². The number of hydrogen-bond donors (Lipinski definition) is 0. The van der Waals surface area contributed by atoms with Crippen molar-refractivity contribution in [1.29, 1.82) is 0 Å². The molecular formula is C24H16O3. The minimum Gasteiger partial charge on any atom is -0.452 e. The third-order valence-corrected chi connectivity index (χ3v) is 4.40. The van der Waals surface area contributed by atoms with Crippen molar-refractivity contribution < 1.29 is 14.0 Å². The Morgan fingerprint density at radius 3 is 1.78 bits per heavy atom. The number of ketones is 1. The molecule has 0 fully saturated rings. The zero-order valence-corrected chi connectivity index (χ0v) is 14.5. The summed E-state index contributed by atoms with van der Waals surface area (Å²) in [5, 5.41) is 0. The summed E-state index contributed by atoms with van der Waals surface area (Å²) in [4.78, 5) is 25.1. The number of rotatable bonds is 5. The van der Waals surface area contributed by atoms with Gasteiger partial charge in [0.2, 0.25) is 0 Å². The molecular weight excluding hydrogens is 336 g/mol. The van der Waals surface area contributed by atoms with Crippen molar-refractivity contribution in [1.82, 2.24) is 0 Å². The van der Waals surface area contributed by atoms with Crippen molar-refractivity contribution in [2.45, 2.75) is 0 Å². The quantitative estimate of drug-likeness (QED) is 0.344. The Kier molecular flexibility index (Phi) is 4.50. The normalized spacial score (nSPS) is 10.5. The molecule has 27 heavy (non-hydrogen) atoms. The Hall–Kier alpha value is -3.72. The van der Waals surface area contributed by atoms with Crippen LogP contribution in [0.5, 0.6) is 0 Å². The van der Waals surface area contributed by atoms with Crippen molar-refractivity contribution in [2.24, 2.45) is 0 Å². The lowest BCUT2D eigenvalue weighted by Gasteiger charge is -2.06. The van der Waals surface area contributed by atoms with E-state index in [4.69, 9.17) is 4.42 Å². The van der Waals surface area contributed by atoms with E-state index in [2.05, 4.69) is 0 Å². The standard InChI is InChI=1S/C24H16O3/c25-16-20-21(17-10-4-1-5-11-17)22(23(26)18-12-6-2-7-13-18)24(27-20)19-14-8-3-9-15-19/h1-16H. The van der Waals surface area contributed by atoms with Gasteiger partial charge in [-0.1, -0.05) is 91.0 Å². The van der Waals surface area contributed by atoms with Gasteiger partial charge in [0.15, 0.2) is 17.8 Å². The predicted octanol–water partition coefficient (Wildman–Crippen LogP) is 5.66. The fraction of sp³-hybridized carbons (Fsp3) is 0. The zero-order valence-electron chi connectivity index (χ0n) is 14.5. The summed E-state index contributed by atoms with van der Waals surface area (Å²) in [5.74, 6) is 0.384. The van der Waals surface area contributed by atoms with Crippen molar-refractivity contribution >= 4 is 12.1 Å². The number of carbonyl (C=O) groups is 2. The molecule has 3 aromatic carbocycles. The summed E-state index contributed by atoms with van der Waals surface area (Å²) in [6.07, 6.45) is 0.663. The summed E-state index contributed by atoms with van der Waals surface area (Å²) >= 11 is 0. The molecule has 0 aliphatic carbocycles. The fourth-order valence-corrected chi connectivity index (χ4v) is 3.17. The van der Waals surface area contributed by atoms with Gasteiger partial charge in [-0.25, -0.2) is 0 Å². The highest BCUT2D eigenvalue weighted by Crippen LogP contribution is 2.38. The Morgan fingerprint density at radius 1 is 0.704 bits per heavy atom. The predicted molar refractivity (Wildman–Crippen MR) is 105 cm³/mol. The van der Waals surface area contributed by atoms with E-state index in [9.17, 15) is 9.59 Å². The monoisotopic (exact) mass is 352 g/mol. The van der Waals surface area contributed by atoms with E-state index >= 15 is 0 Å². The SMILES string of the molecule is O=Cc1oc(-c2ccccc2)c(C(=O)c2ccccc2)c1-c1ccccc1. The molecule has 0 aliphatic heterocycles. The van der Waals surface area contributed by atoms with Crippen LogP contribution in [0, 0.1) is 0 Å². The van der Waals surface area contributed by atoms with Crippen LogP contribution in [0.2, 0.25) is 0 Å². The highest BCUT2D eigenvalue weighted by molar-refractivity contribution is 6.17. The van der Waals surface area contributed by atoms with Gasteiger partial charge < -0.3 is 4.42 Å². The third-order valence-electron chi connectivity index (χ3n) is 4.40. The van der Waals surface area contributed by atoms with E-state index in [0.29, 0.717) is 28.7 Å². The molecule has 1 heterocycles. The molecule has 0 atom stereocenters. The molecule has 0 N–H and O–H groups in total. The Bertz CT molecular complexity index is 1080. The van der Waals surface area contributed by atoms with Crippen molar-refractivity contribution in [2.75, 3.05) is 0 Å². The maximum Gasteiger partial charge on any atom is 0.197 e. The molecule has 3 nitrogen and oxygen atoms in total. The zero-order chi connectivity index (χ0) is 18.6. The number of hydrogen-bond acceptors (Lipinski definition) is 3. The van der Waals surface area contributed by atoms with Crippen LogP contribution in [0.25, 0.3) is 22.5 Å². The summed E-state index contributed by atoms with van der Waals surface area (Å²) in [7, 11) is 0. The molecule has 130 valence electrons. The summed E-state index contributed by atoms with van der Waals surface area (Å²) < 4.78 is 5.89. The van der Waals surface area contributed by atoms with E-state index in [1.807, 2.05) is 78.9 Å². The van der Waals surface area contributed by atoms with Gasteiger partial charge in [0.05, 0.1) is 5.56 Å². The van der Waals surface area contributed by atoms with E-state index in [1.165, 1.54) is 0 Å². The molecule has 0 aliphatic rings. The van der Waals surface area contributed by atoms with Crippen molar-refractivity contribution in [3.8, 4) is 22.5 Å². The first-order valence-corrected chi connectivity index (χ1v) is 8.62. The van der Waals surface area contributed by atoms with Crippen LogP contribution in [0.15, 0.2) is 95.4 Å². The van der Waals surface area contributed by atoms with Gasteiger partial charge in [0, 0.05) is 16.7 Å². The Labute approximate surface area is 156 Å². The van der Waals surface area contributed by atoms with Crippen LogP contribution in [0.3, 0.4) is 0 Å². The Morgan fingerprint density at radius 2 is 1.22 bits per heavy atom. The number of benzene rings is 3. The minimum absolute atomic E-state index is 0.152. The van der Waals surface area contributed by atoms with E-state index < -0.39 is 0 Å². The molecule has 0 spiro atoms. The van der Waals surface area contributed by atoms with Gasteiger partial charge in [-0.2, -0.15) is 0 Å². The second-order valence-corrected chi connectivity index (χ2v) is 6.09. The van der Waals surface area contributed by atoms with E-state index in [0.717, 1.165) is 11.1 Å². The lowest BCUT2D eigenvalue weighted by molar-refractivity contribution is 0.103. The summed E-state index contributed by atoms with van der Waals surface area (Å²) in [6.45, 7) is 0. The third kappa shape index (κ3) is 3.11. The number of aldehydes is 1. The molecule has 0 saturated carbocycles. The van der Waals surface area contributed by atoms with Crippen LogP contribution in [-0.2, 0) is 0 Å². The molecule has 0 bridgehead atoms. The highest BCUT2D eigenvalue weighted by atomic mass is 16.3. The first-order chi connectivity index (χ1) is 13.3. The molecule has 0 unspecified atom stereocenters. The number of carbonyl (C=O) groups excluding carboxylic acids is 2. The average Bonchev–Trinajstić information content (AvgIpc) is 3.15. The van der Waals surface area contributed by atoms with E-state index in [-0.39, 0.29) is 11.5 Å². The van der Waals surface area contributed by atoms with Gasteiger partial charge in [-0.3, -0.25) is 9.59 Å². The van der Waals surface area contributed by atoms with Gasteiger partial charge in [-0.15, -0.1) is 0 Å². The molecule has 4 aromatic rings. The Balaban J connectivity index is 2.02. The number of furan rings is 1. The lowest BCUT2D eigenvalue weighted by atomic mass is 9.92. The highest BCUT2D eigenvalue weighted by Gasteiger charge is 2.27. The topological polar surface area (TPSA) is 47.3 Å². The first kappa shape index (κ1) is 16.7. The van der Waals surface area contributed by atoms with E-state index in [1.54, 1.807) is 12.1 Å². The largest absolute Gasteiger partial charge is 0.452 e. The summed E-state index contributed by atoms with van der Waals surface area (Å²) in [5.41, 5.74) is 3.00. The molecule has 1 aromatic heterocycles. The molecule has 4 rings (SSSR count). The van der Waals surface area contributed by atoms with Crippen LogP contribution in [0.1, 0.15) is 26.5 Å². The minimum atomic E-state index is -0.176. The first-order valence-electron chi connectivity index (χ1n) is 8.62. The van der Waals surface area contributed by atoms with Gasteiger partial charge >= 0.3 is 0 Å². The van der Waals surface area contributed by atoms with Gasteiger partial charge in [-0.05, 0) is 5.56 Å². The molecule has 0 radical (unpaired) electrons. The molecule has 0 amide bonds. The van der Waals surface area contributed by atoms with Gasteiger partial charge in [0.25, 0.3) is 0 Å². The second kappa shape index (κ2) is 7.26. The maximum absolute atomic E-state index is 13.4. The van der Waals surface area contributed by atoms with Crippen molar-refractivity contribution in [3.05, 3.63) is 108 Å². The van der Waals surface area contributed by atoms with Crippen LogP contribution in [-0.4, -0.2) is 12.1 Å². The van der Waals surface area contributed by atoms with Gasteiger partial charge in [0.1, 0.15) is 5.76 Å². The molecule has 3 heteroatoms. The smallest absolute Gasteiger partial charge is 0.197 e. The van der Waals surface area contributed by atoms with Crippen LogP contribution >= 0.6 is 0 Å². The second-order valence-electron chi connectivity index (χ2n) is 6.09. The van der Waals surface area contributed by atoms with Crippen molar-refractivity contribution in [3.63, 3.8) is 0 Å². The maximum atomic E-state index is 13.4.